The number of hydrogen-bond donors (Lipinski definition) is 1. The summed E-state index contributed by atoms with van der Waals surface area (Å²) in [5.74, 6) is 0.638. The fraction of sp³-hybridized carbons (Fsp3) is 0.611. The molecule has 1 saturated carbocycles. The highest BCUT2D eigenvalue weighted by Gasteiger charge is 2.36. The van der Waals surface area contributed by atoms with Crippen LogP contribution in [0.2, 0.25) is 0 Å². The molecule has 0 aliphatic heterocycles. The summed E-state index contributed by atoms with van der Waals surface area (Å²) in [6, 6.07) is 8.53. The molecule has 3 unspecified atom stereocenters. The van der Waals surface area contributed by atoms with E-state index in [0.717, 1.165) is 25.7 Å². The molecule has 0 spiro atoms. The van der Waals surface area contributed by atoms with Crippen molar-refractivity contribution in [2.24, 2.45) is 17.8 Å². The topological polar surface area (TPSA) is 37.3 Å². The van der Waals surface area contributed by atoms with E-state index < -0.39 is 5.97 Å². The van der Waals surface area contributed by atoms with Crippen LogP contribution in [0.4, 0.5) is 0 Å². The van der Waals surface area contributed by atoms with Crippen LogP contribution in [-0.4, -0.2) is 11.1 Å². The van der Waals surface area contributed by atoms with E-state index in [0.29, 0.717) is 11.8 Å². The summed E-state index contributed by atoms with van der Waals surface area (Å²) in [5, 5.41) is 9.52. The van der Waals surface area contributed by atoms with Gasteiger partial charge in [-0.1, -0.05) is 45.0 Å². The quantitative estimate of drug-likeness (QED) is 0.878. The Hall–Kier alpha value is -1.31. The van der Waals surface area contributed by atoms with Crippen LogP contribution in [0, 0.1) is 17.8 Å². The van der Waals surface area contributed by atoms with Gasteiger partial charge in [0.05, 0.1) is 5.92 Å². The smallest absolute Gasteiger partial charge is 0.307 e. The van der Waals surface area contributed by atoms with Gasteiger partial charge in [-0.2, -0.15) is 0 Å². The minimum Gasteiger partial charge on any atom is -0.481 e. The van der Waals surface area contributed by atoms with Crippen LogP contribution in [0.1, 0.15) is 57.1 Å². The highest BCUT2D eigenvalue weighted by Crippen LogP contribution is 2.43. The summed E-state index contributed by atoms with van der Waals surface area (Å²) in [6.07, 6.45) is 3.89. The molecule has 3 atom stereocenters. The second-order valence-electron chi connectivity index (χ2n) is 6.47. The van der Waals surface area contributed by atoms with E-state index >= 15 is 0 Å². The van der Waals surface area contributed by atoms with Gasteiger partial charge in [-0.05, 0) is 54.6 Å². The van der Waals surface area contributed by atoms with Crippen molar-refractivity contribution in [3.8, 4) is 0 Å². The molecule has 0 heterocycles. The van der Waals surface area contributed by atoms with E-state index in [9.17, 15) is 9.90 Å². The normalized spacial score (nSPS) is 26.7. The summed E-state index contributed by atoms with van der Waals surface area (Å²) >= 11 is 0. The summed E-state index contributed by atoms with van der Waals surface area (Å²) < 4.78 is 0. The number of rotatable bonds is 4. The first-order valence-electron chi connectivity index (χ1n) is 7.84. The third-order valence-electron chi connectivity index (χ3n) is 4.94. The third-order valence-corrected chi connectivity index (χ3v) is 4.94. The van der Waals surface area contributed by atoms with Gasteiger partial charge in [-0.25, -0.2) is 0 Å². The lowest BCUT2D eigenvalue weighted by Crippen LogP contribution is -2.31. The van der Waals surface area contributed by atoms with Crippen molar-refractivity contribution in [2.75, 3.05) is 0 Å². The number of hydrogen-bond acceptors (Lipinski definition) is 1. The maximum atomic E-state index is 11.6. The lowest BCUT2D eigenvalue weighted by Gasteiger charge is -2.36. The molecule has 0 radical (unpaired) electrons. The average Bonchev–Trinajstić information content (AvgIpc) is 2.46. The molecule has 1 aromatic rings. The van der Waals surface area contributed by atoms with Crippen molar-refractivity contribution < 1.29 is 9.90 Å². The standard InChI is InChI=1S/C18H26O2/c1-4-13-6-5-7-15(10-13)17-11-14(12(2)3)8-9-16(17)18(19)20/h5-7,10,12,14,16-17H,4,8-9,11H2,1-3H3,(H,19,20). The second-order valence-corrected chi connectivity index (χ2v) is 6.47. The number of benzene rings is 1. The molecule has 0 bridgehead atoms. The van der Waals surface area contributed by atoms with E-state index in [4.69, 9.17) is 0 Å². The Bertz CT molecular complexity index is 464. The first-order valence-corrected chi connectivity index (χ1v) is 7.84. The Morgan fingerprint density at radius 2 is 2.10 bits per heavy atom. The highest BCUT2D eigenvalue weighted by atomic mass is 16.4. The van der Waals surface area contributed by atoms with Crippen molar-refractivity contribution in [2.45, 2.75) is 52.4 Å². The van der Waals surface area contributed by atoms with Gasteiger partial charge in [0.15, 0.2) is 0 Å². The molecule has 2 rings (SSSR count). The fourth-order valence-corrected chi connectivity index (χ4v) is 3.52. The Kier molecular flexibility index (Phi) is 4.85. The average molecular weight is 274 g/mol. The monoisotopic (exact) mass is 274 g/mol. The van der Waals surface area contributed by atoms with Gasteiger partial charge >= 0.3 is 5.97 Å². The van der Waals surface area contributed by atoms with Crippen LogP contribution in [-0.2, 0) is 11.2 Å². The summed E-state index contributed by atoms with van der Waals surface area (Å²) in [4.78, 5) is 11.6. The van der Waals surface area contributed by atoms with Crippen molar-refractivity contribution in [3.63, 3.8) is 0 Å². The minimum absolute atomic E-state index is 0.181. The van der Waals surface area contributed by atoms with Gasteiger partial charge in [-0.3, -0.25) is 4.79 Å². The zero-order valence-corrected chi connectivity index (χ0v) is 12.8. The van der Waals surface area contributed by atoms with Crippen molar-refractivity contribution in [1.82, 2.24) is 0 Å². The molecule has 110 valence electrons. The largest absolute Gasteiger partial charge is 0.481 e. The number of aryl methyl sites for hydroxylation is 1. The Morgan fingerprint density at radius 3 is 2.70 bits per heavy atom. The lowest BCUT2D eigenvalue weighted by atomic mass is 9.68. The van der Waals surface area contributed by atoms with Gasteiger partial charge < -0.3 is 5.11 Å². The molecular weight excluding hydrogens is 248 g/mol. The minimum atomic E-state index is -0.626. The van der Waals surface area contributed by atoms with Gasteiger partial charge in [0, 0.05) is 0 Å². The predicted octanol–water partition coefficient (Wildman–Crippen LogP) is 4.49. The molecule has 1 aromatic carbocycles. The van der Waals surface area contributed by atoms with E-state index in [1.165, 1.54) is 11.1 Å². The SMILES string of the molecule is CCc1cccc(C2CC(C(C)C)CCC2C(=O)O)c1. The zero-order chi connectivity index (χ0) is 14.7. The molecule has 1 aliphatic rings. The number of carboxylic acids is 1. The number of carbonyl (C=O) groups is 1. The van der Waals surface area contributed by atoms with Gasteiger partial charge in [-0.15, -0.1) is 0 Å². The van der Waals surface area contributed by atoms with E-state index in [-0.39, 0.29) is 11.8 Å². The second kappa shape index (κ2) is 6.43. The van der Waals surface area contributed by atoms with Crippen molar-refractivity contribution >= 4 is 5.97 Å². The maximum absolute atomic E-state index is 11.6. The summed E-state index contributed by atoms with van der Waals surface area (Å²) in [7, 11) is 0. The van der Waals surface area contributed by atoms with E-state index in [1.807, 2.05) is 0 Å². The van der Waals surface area contributed by atoms with E-state index in [2.05, 4.69) is 45.0 Å². The van der Waals surface area contributed by atoms with Crippen LogP contribution < -0.4 is 0 Å². The highest BCUT2D eigenvalue weighted by molar-refractivity contribution is 5.71. The Balaban J connectivity index is 2.28. The first kappa shape index (κ1) is 15.1. The van der Waals surface area contributed by atoms with E-state index in [1.54, 1.807) is 0 Å². The number of aliphatic carboxylic acids is 1. The van der Waals surface area contributed by atoms with Crippen LogP contribution in [0.25, 0.3) is 0 Å². The molecule has 0 aromatic heterocycles. The zero-order valence-electron chi connectivity index (χ0n) is 12.8. The van der Waals surface area contributed by atoms with Crippen molar-refractivity contribution in [1.29, 1.82) is 0 Å². The molecule has 2 nitrogen and oxygen atoms in total. The van der Waals surface area contributed by atoms with Crippen LogP contribution >= 0.6 is 0 Å². The molecule has 20 heavy (non-hydrogen) atoms. The third kappa shape index (κ3) is 3.23. The molecule has 1 aliphatic carbocycles. The molecule has 0 saturated heterocycles. The molecule has 2 heteroatoms. The lowest BCUT2D eigenvalue weighted by molar-refractivity contribution is -0.144. The predicted molar refractivity (Wildman–Crippen MR) is 81.9 cm³/mol. The molecule has 0 amide bonds. The van der Waals surface area contributed by atoms with Crippen LogP contribution in [0.15, 0.2) is 24.3 Å². The van der Waals surface area contributed by atoms with Crippen LogP contribution in [0.5, 0.6) is 0 Å². The molecule has 1 N–H and O–H groups in total. The molecular formula is C18H26O2. The Morgan fingerprint density at radius 1 is 1.35 bits per heavy atom. The Labute approximate surface area is 122 Å². The van der Waals surface area contributed by atoms with Crippen molar-refractivity contribution in [3.05, 3.63) is 35.4 Å². The fourth-order valence-electron chi connectivity index (χ4n) is 3.52. The summed E-state index contributed by atoms with van der Waals surface area (Å²) in [6.45, 7) is 6.65. The van der Waals surface area contributed by atoms with Gasteiger partial charge in [0.1, 0.15) is 0 Å². The number of carboxylic acid groups (broad SMARTS) is 1. The maximum Gasteiger partial charge on any atom is 0.307 e. The van der Waals surface area contributed by atoms with Gasteiger partial charge in [0.2, 0.25) is 0 Å². The first-order chi connectivity index (χ1) is 9.52. The molecule has 1 fully saturated rings. The van der Waals surface area contributed by atoms with Gasteiger partial charge in [0.25, 0.3) is 0 Å². The summed E-state index contributed by atoms with van der Waals surface area (Å²) in [5.41, 5.74) is 2.53. The van der Waals surface area contributed by atoms with Crippen LogP contribution in [0.3, 0.4) is 0 Å².